The van der Waals surface area contributed by atoms with Gasteiger partial charge in [-0.15, -0.1) is 0 Å². The highest BCUT2D eigenvalue weighted by Crippen LogP contribution is 2.41. The monoisotopic (exact) mass is 442 g/mol. The number of hydrogen-bond acceptors (Lipinski definition) is 6. The average Bonchev–Trinajstić information content (AvgIpc) is 3.02. The van der Waals surface area contributed by atoms with Crippen LogP contribution in [0.5, 0.6) is 11.5 Å². The molecule has 0 spiro atoms. The van der Waals surface area contributed by atoms with E-state index in [2.05, 4.69) is 0 Å². The number of carbonyl (C=O) groups excluding carboxylic acids is 2. The lowest BCUT2D eigenvalue weighted by Crippen LogP contribution is -2.35. The Morgan fingerprint density at radius 1 is 1.10 bits per heavy atom. The Morgan fingerprint density at radius 2 is 1.77 bits per heavy atom. The zero-order valence-electron chi connectivity index (χ0n) is 17.3. The molecule has 0 aromatic heterocycles. The fourth-order valence-electron chi connectivity index (χ4n) is 3.76. The smallest absolute Gasteiger partial charge is 0.295 e. The van der Waals surface area contributed by atoms with Gasteiger partial charge in [0.25, 0.3) is 11.7 Å². The van der Waals surface area contributed by atoms with Gasteiger partial charge in [0.2, 0.25) is 0 Å². The first-order chi connectivity index (χ1) is 14.9. The van der Waals surface area contributed by atoms with Crippen molar-refractivity contribution in [2.24, 2.45) is 0 Å². The molecule has 2 aromatic rings. The highest BCUT2D eigenvalue weighted by molar-refractivity contribution is 6.46. The van der Waals surface area contributed by atoms with Crippen molar-refractivity contribution in [3.05, 3.63) is 64.2 Å². The molecule has 1 unspecified atom stereocenters. The summed E-state index contributed by atoms with van der Waals surface area (Å²) in [7, 11) is 3.78. The number of likely N-dealkylation sites (N-methyl/N-ethyl adjacent to an activating group) is 1. The van der Waals surface area contributed by atoms with E-state index in [1.165, 1.54) is 4.90 Å². The summed E-state index contributed by atoms with van der Waals surface area (Å²) >= 11 is 6.04. The van der Waals surface area contributed by atoms with Crippen LogP contribution < -0.4 is 9.47 Å². The lowest BCUT2D eigenvalue weighted by atomic mass is 9.95. The number of nitrogens with zero attached hydrogens (tertiary/aromatic N) is 2. The number of fused-ring (bicyclic) bond motifs is 1. The van der Waals surface area contributed by atoms with Gasteiger partial charge in [-0.25, -0.2) is 0 Å². The minimum absolute atomic E-state index is 0.0442. The topological polar surface area (TPSA) is 79.3 Å². The van der Waals surface area contributed by atoms with Crippen molar-refractivity contribution in [1.82, 2.24) is 9.80 Å². The number of aliphatic hydroxyl groups is 1. The number of likely N-dealkylation sites (tertiary alicyclic amines) is 1. The largest absolute Gasteiger partial charge is 0.507 e. The zero-order chi connectivity index (χ0) is 22.1. The van der Waals surface area contributed by atoms with Crippen molar-refractivity contribution in [3.63, 3.8) is 0 Å². The lowest BCUT2D eigenvalue weighted by Gasteiger charge is -2.26. The minimum Gasteiger partial charge on any atom is -0.507 e. The van der Waals surface area contributed by atoms with Gasteiger partial charge in [0, 0.05) is 23.7 Å². The number of ketones is 1. The van der Waals surface area contributed by atoms with Gasteiger partial charge in [-0.2, -0.15) is 0 Å². The van der Waals surface area contributed by atoms with Crippen molar-refractivity contribution >= 4 is 29.1 Å². The van der Waals surface area contributed by atoms with E-state index in [9.17, 15) is 14.7 Å². The molecule has 0 radical (unpaired) electrons. The third kappa shape index (κ3) is 4.11. The Balaban J connectivity index is 1.81. The summed E-state index contributed by atoms with van der Waals surface area (Å²) in [6.45, 7) is 1.76. The van der Waals surface area contributed by atoms with Gasteiger partial charge in [0.15, 0.2) is 11.5 Å². The van der Waals surface area contributed by atoms with Gasteiger partial charge in [0.1, 0.15) is 19.0 Å². The van der Waals surface area contributed by atoms with Crippen molar-refractivity contribution < 1.29 is 24.2 Å². The van der Waals surface area contributed by atoms with Crippen molar-refractivity contribution in [3.8, 4) is 11.5 Å². The maximum Gasteiger partial charge on any atom is 0.295 e. The molecule has 1 atom stereocenters. The molecular formula is C23H23ClN2O5. The fraction of sp³-hybridized carbons (Fsp3) is 0.304. The third-order valence-electron chi connectivity index (χ3n) is 5.33. The number of amides is 1. The Kier molecular flexibility index (Phi) is 5.89. The molecule has 7 nitrogen and oxygen atoms in total. The molecule has 4 rings (SSSR count). The molecule has 0 bridgehead atoms. The van der Waals surface area contributed by atoms with E-state index in [0.717, 1.165) is 0 Å². The number of halogens is 1. The molecule has 0 saturated carbocycles. The van der Waals surface area contributed by atoms with E-state index in [1.807, 2.05) is 19.0 Å². The Morgan fingerprint density at radius 3 is 2.45 bits per heavy atom. The molecule has 8 heteroatoms. The van der Waals surface area contributed by atoms with E-state index in [-0.39, 0.29) is 11.3 Å². The fourth-order valence-corrected chi connectivity index (χ4v) is 3.88. The Hall–Kier alpha value is -3.03. The number of aliphatic hydroxyl groups excluding tert-OH is 1. The van der Waals surface area contributed by atoms with Crippen LogP contribution in [0.1, 0.15) is 17.2 Å². The number of rotatable bonds is 5. The number of Topliss-reactive ketones (excluding diaryl/α,β-unsaturated/α-hetero) is 1. The van der Waals surface area contributed by atoms with Gasteiger partial charge in [0.05, 0.1) is 11.6 Å². The number of benzene rings is 2. The summed E-state index contributed by atoms with van der Waals surface area (Å²) in [5.74, 6) is -0.543. The average molecular weight is 443 g/mol. The van der Waals surface area contributed by atoms with Crippen LogP contribution in [-0.4, -0.2) is 67.0 Å². The summed E-state index contributed by atoms with van der Waals surface area (Å²) in [6, 6.07) is 11.2. The molecule has 2 aliphatic heterocycles. The van der Waals surface area contributed by atoms with Crippen LogP contribution in [0.3, 0.4) is 0 Å². The second kappa shape index (κ2) is 8.61. The second-order valence-electron chi connectivity index (χ2n) is 7.71. The standard InChI is InChI=1S/C23H23ClN2O5/c1-25(2)9-10-26-20(14-3-6-16(24)7-4-14)19(22(28)23(26)29)21(27)15-5-8-17-18(13-15)31-12-11-30-17/h3-8,13,20,27H,9-12H2,1-2H3. The summed E-state index contributed by atoms with van der Waals surface area (Å²) in [6.07, 6.45) is 0. The highest BCUT2D eigenvalue weighted by atomic mass is 35.5. The highest BCUT2D eigenvalue weighted by Gasteiger charge is 2.45. The van der Waals surface area contributed by atoms with E-state index in [0.29, 0.717) is 54.0 Å². The normalized spacial score (nSPS) is 19.9. The van der Waals surface area contributed by atoms with Gasteiger partial charge in [-0.05, 0) is 50.0 Å². The first-order valence-electron chi connectivity index (χ1n) is 9.95. The molecule has 2 aromatic carbocycles. The summed E-state index contributed by atoms with van der Waals surface area (Å²) in [5, 5.41) is 11.7. The van der Waals surface area contributed by atoms with Crippen LogP contribution in [0.25, 0.3) is 5.76 Å². The first-order valence-corrected chi connectivity index (χ1v) is 10.3. The molecular weight excluding hydrogens is 420 g/mol. The van der Waals surface area contributed by atoms with Gasteiger partial charge in [-0.3, -0.25) is 9.59 Å². The van der Waals surface area contributed by atoms with Crippen LogP contribution >= 0.6 is 11.6 Å². The summed E-state index contributed by atoms with van der Waals surface area (Å²) in [5.41, 5.74) is 1.12. The molecule has 1 N–H and O–H groups in total. The van der Waals surface area contributed by atoms with Crippen molar-refractivity contribution in [2.75, 3.05) is 40.4 Å². The molecule has 1 saturated heterocycles. The van der Waals surface area contributed by atoms with Crippen LogP contribution in [0, 0.1) is 0 Å². The number of hydrogen-bond donors (Lipinski definition) is 1. The molecule has 2 aliphatic rings. The van der Waals surface area contributed by atoms with E-state index < -0.39 is 17.7 Å². The molecule has 2 heterocycles. The zero-order valence-corrected chi connectivity index (χ0v) is 18.1. The van der Waals surface area contributed by atoms with Crippen molar-refractivity contribution in [2.45, 2.75) is 6.04 Å². The maximum absolute atomic E-state index is 13.0. The molecule has 162 valence electrons. The summed E-state index contributed by atoms with van der Waals surface area (Å²) in [4.78, 5) is 29.3. The third-order valence-corrected chi connectivity index (χ3v) is 5.58. The quantitative estimate of drug-likeness (QED) is 0.435. The lowest BCUT2D eigenvalue weighted by molar-refractivity contribution is -0.140. The Bertz CT molecular complexity index is 1050. The molecule has 1 fully saturated rings. The number of ether oxygens (including phenoxy) is 2. The van der Waals surface area contributed by atoms with Crippen LogP contribution in [0.2, 0.25) is 5.02 Å². The van der Waals surface area contributed by atoms with Gasteiger partial charge in [-0.1, -0.05) is 23.7 Å². The van der Waals surface area contributed by atoms with Gasteiger partial charge < -0.3 is 24.4 Å². The predicted molar refractivity (Wildman–Crippen MR) is 116 cm³/mol. The van der Waals surface area contributed by atoms with Crippen molar-refractivity contribution in [1.29, 1.82) is 0 Å². The van der Waals surface area contributed by atoms with Gasteiger partial charge >= 0.3 is 0 Å². The number of carbonyl (C=O) groups is 2. The van der Waals surface area contributed by atoms with E-state index >= 15 is 0 Å². The first kappa shape index (κ1) is 21.2. The van der Waals surface area contributed by atoms with E-state index in [4.69, 9.17) is 21.1 Å². The molecule has 1 amide bonds. The summed E-state index contributed by atoms with van der Waals surface area (Å²) < 4.78 is 11.1. The predicted octanol–water partition coefficient (Wildman–Crippen LogP) is 3.09. The Labute approximate surface area is 185 Å². The molecule has 0 aliphatic carbocycles. The van der Waals surface area contributed by atoms with Crippen LogP contribution in [-0.2, 0) is 9.59 Å². The minimum atomic E-state index is -0.717. The van der Waals surface area contributed by atoms with Crippen LogP contribution in [0.15, 0.2) is 48.0 Å². The SMILES string of the molecule is CN(C)CCN1C(=O)C(=O)C(=C(O)c2ccc3c(c2)OCCO3)C1c1ccc(Cl)cc1. The van der Waals surface area contributed by atoms with Crippen LogP contribution in [0.4, 0.5) is 0 Å². The maximum atomic E-state index is 13.0. The second-order valence-corrected chi connectivity index (χ2v) is 8.14. The van der Waals surface area contributed by atoms with E-state index in [1.54, 1.807) is 42.5 Å². The molecule has 31 heavy (non-hydrogen) atoms.